The maximum atomic E-state index is 13.7. The highest BCUT2D eigenvalue weighted by atomic mass is 16.5. The molecule has 0 N–H and O–H groups in total. The van der Waals surface area contributed by atoms with Gasteiger partial charge in [-0.25, -0.2) is 9.97 Å². The summed E-state index contributed by atoms with van der Waals surface area (Å²) in [5.74, 6) is 1.97. The maximum absolute atomic E-state index is 13.7. The third-order valence-electron chi connectivity index (χ3n) is 7.70. The van der Waals surface area contributed by atoms with E-state index in [4.69, 9.17) is 9.47 Å². The molecule has 1 amide bonds. The van der Waals surface area contributed by atoms with Gasteiger partial charge < -0.3 is 14.4 Å². The molecule has 7 heteroatoms. The zero-order valence-electron chi connectivity index (χ0n) is 21.6. The number of nitrogens with zero attached hydrogens (tertiary/aromatic N) is 4. The molecule has 2 aromatic carbocycles. The monoisotopic (exact) mass is 500 g/mol. The number of piperidine rings is 1. The number of carbonyl (C=O) groups excluding carboxylic acids is 1. The van der Waals surface area contributed by atoms with Crippen molar-refractivity contribution in [2.45, 2.75) is 45.1 Å². The number of hydrogen-bond donors (Lipinski definition) is 0. The molecule has 0 saturated carbocycles. The molecule has 7 nitrogen and oxygen atoms in total. The lowest BCUT2D eigenvalue weighted by Crippen LogP contribution is -2.50. The number of fused-ring (bicyclic) bond motifs is 1. The van der Waals surface area contributed by atoms with Crippen LogP contribution in [0.4, 0.5) is 0 Å². The Balaban J connectivity index is 1.18. The Morgan fingerprint density at radius 2 is 1.68 bits per heavy atom. The lowest BCUT2D eigenvalue weighted by atomic mass is 9.73. The zero-order chi connectivity index (χ0) is 25.5. The first-order valence-corrected chi connectivity index (χ1v) is 13.3. The van der Waals surface area contributed by atoms with Crippen molar-refractivity contribution in [1.29, 1.82) is 0 Å². The van der Waals surface area contributed by atoms with Gasteiger partial charge >= 0.3 is 6.01 Å². The van der Waals surface area contributed by atoms with Crippen molar-refractivity contribution in [2.24, 2.45) is 5.41 Å². The molecule has 1 saturated heterocycles. The summed E-state index contributed by atoms with van der Waals surface area (Å²) in [4.78, 5) is 26.2. The fourth-order valence-corrected chi connectivity index (χ4v) is 5.50. The molecule has 1 spiro atoms. The Kier molecular flexibility index (Phi) is 7.99. The summed E-state index contributed by atoms with van der Waals surface area (Å²) in [5.41, 5.74) is 2.24. The van der Waals surface area contributed by atoms with Gasteiger partial charge in [0.05, 0.1) is 12.0 Å². The molecule has 3 heterocycles. The third kappa shape index (κ3) is 6.28. The van der Waals surface area contributed by atoms with Crippen LogP contribution in [0.25, 0.3) is 0 Å². The summed E-state index contributed by atoms with van der Waals surface area (Å²) in [6.07, 6.45) is 9.22. The van der Waals surface area contributed by atoms with Crippen LogP contribution in [-0.4, -0.2) is 59.0 Å². The van der Waals surface area contributed by atoms with Gasteiger partial charge in [0.25, 0.3) is 0 Å². The Hall–Kier alpha value is -3.45. The van der Waals surface area contributed by atoms with E-state index in [2.05, 4.69) is 39.1 Å². The summed E-state index contributed by atoms with van der Waals surface area (Å²) in [5, 5.41) is 0. The average molecular weight is 501 g/mol. The number of likely N-dealkylation sites (tertiary alicyclic amines) is 1. The van der Waals surface area contributed by atoms with E-state index in [0.29, 0.717) is 19.2 Å². The largest absolute Gasteiger partial charge is 0.491 e. The number of para-hydroxylation sites is 1. The van der Waals surface area contributed by atoms with Crippen LogP contribution in [0.3, 0.4) is 0 Å². The molecule has 0 unspecified atom stereocenters. The number of ether oxygens (including phenoxy) is 2. The van der Waals surface area contributed by atoms with Crippen molar-refractivity contribution in [1.82, 2.24) is 19.8 Å². The fraction of sp³-hybridized carbons (Fsp3) is 0.433. The summed E-state index contributed by atoms with van der Waals surface area (Å²) >= 11 is 0. The van der Waals surface area contributed by atoms with Gasteiger partial charge in [0, 0.05) is 26.0 Å². The number of likely N-dealkylation sites (N-methyl/N-ethyl adjacent to an activating group) is 1. The van der Waals surface area contributed by atoms with E-state index in [0.717, 1.165) is 69.7 Å². The van der Waals surface area contributed by atoms with Crippen molar-refractivity contribution in [2.75, 3.05) is 33.3 Å². The minimum Gasteiger partial charge on any atom is -0.491 e. The highest BCUT2D eigenvalue weighted by molar-refractivity contribution is 5.82. The number of amides is 1. The number of rotatable bonds is 4. The van der Waals surface area contributed by atoms with Crippen molar-refractivity contribution < 1.29 is 14.3 Å². The summed E-state index contributed by atoms with van der Waals surface area (Å²) in [6, 6.07) is 18.5. The maximum Gasteiger partial charge on any atom is 0.321 e. The van der Waals surface area contributed by atoms with Crippen molar-refractivity contribution in [3.8, 4) is 17.5 Å². The molecule has 2 aliphatic rings. The summed E-state index contributed by atoms with van der Waals surface area (Å²) in [6.45, 7) is 3.86. The minimum absolute atomic E-state index is 0.267. The topological polar surface area (TPSA) is 67.8 Å². The van der Waals surface area contributed by atoms with Crippen molar-refractivity contribution in [3.05, 3.63) is 78.1 Å². The summed E-state index contributed by atoms with van der Waals surface area (Å²) < 4.78 is 11.8. The minimum atomic E-state index is -0.267. The van der Waals surface area contributed by atoms with Crippen molar-refractivity contribution in [3.63, 3.8) is 0 Å². The van der Waals surface area contributed by atoms with Gasteiger partial charge in [0.2, 0.25) is 5.91 Å². The van der Waals surface area contributed by atoms with E-state index in [-0.39, 0.29) is 11.3 Å². The molecular weight excluding hydrogens is 464 g/mol. The van der Waals surface area contributed by atoms with E-state index in [1.807, 2.05) is 36.2 Å². The quantitative estimate of drug-likeness (QED) is 0.496. The Morgan fingerprint density at radius 3 is 2.46 bits per heavy atom. The first kappa shape index (κ1) is 25.2. The number of aromatic nitrogens is 2. The Bertz CT molecular complexity index is 1160. The number of hydrogen-bond acceptors (Lipinski definition) is 6. The van der Waals surface area contributed by atoms with Gasteiger partial charge in [-0.2, -0.15) is 0 Å². The molecule has 3 aromatic rings. The number of benzene rings is 2. The van der Waals surface area contributed by atoms with Gasteiger partial charge in [-0.15, -0.1) is 0 Å². The standard InChI is InChI=1S/C30H36N4O3/c1-33-21-22-36-27-9-3-2-7-25(27)8-4-5-14-30(28(33)35)15-19-34(20-16-30)23-24-10-12-26(13-11-24)37-29-31-17-6-18-32-29/h2-3,6-7,9-13,17-18H,4-5,8,14-16,19-23H2,1H3. The molecular formula is C30H36N4O3. The van der Waals surface area contributed by atoms with Gasteiger partial charge in [0.15, 0.2) is 0 Å². The predicted octanol–water partition coefficient (Wildman–Crippen LogP) is 5.11. The van der Waals surface area contributed by atoms with Crippen LogP contribution in [0.2, 0.25) is 0 Å². The summed E-state index contributed by atoms with van der Waals surface area (Å²) in [7, 11) is 1.93. The smallest absolute Gasteiger partial charge is 0.321 e. The van der Waals surface area contributed by atoms with E-state index < -0.39 is 0 Å². The van der Waals surface area contributed by atoms with E-state index in [9.17, 15) is 4.79 Å². The second-order valence-electron chi connectivity index (χ2n) is 10.2. The molecule has 2 aliphatic heterocycles. The van der Waals surface area contributed by atoms with Crippen LogP contribution in [-0.2, 0) is 17.8 Å². The van der Waals surface area contributed by atoms with E-state index in [1.165, 1.54) is 11.1 Å². The normalized spacial score (nSPS) is 18.8. The van der Waals surface area contributed by atoms with Crippen LogP contribution in [0.5, 0.6) is 17.5 Å². The predicted molar refractivity (Wildman–Crippen MR) is 143 cm³/mol. The SMILES string of the molecule is CN1CCOc2ccccc2CCCCC2(CCN(Cc3ccc(Oc4ncccn4)cc3)CC2)C1=O. The second kappa shape index (κ2) is 11.7. The van der Waals surface area contributed by atoms with Crippen molar-refractivity contribution >= 4 is 5.91 Å². The lowest BCUT2D eigenvalue weighted by molar-refractivity contribution is -0.145. The molecule has 0 bridgehead atoms. The van der Waals surface area contributed by atoms with Gasteiger partial charge in [-0.05, 0) is 80.6 Å². The van der Waals surface area contributed by atoms with Gasteiger partial charge in [-0.3, -0.25) is 9.69 Å². The second-order valence-corrected chi connectivity index (χ2v) is 10.2. The van der Waals surface area contributed by atoms with Crippen LogP contribution in [0.15, 0.2) is 67.0 Å². The first-order valence-electron chi connectivity index (χ1n) is 13.3. The van der Waals surface area contributed by atoms with Crippen LogP contribution in [0, 0.1) is 5.41 Å². The first-order chi connectivity index (χ1) is 18.1. The highest BCUT2D eigenvalue weighted by Gasteiger charge is 2.42. The lowest BCUT2D eigenvalue weighted by Gasteiger charge is -2.43. The molecule has 0 atom stereocenters. The molecule has 194 valence electrons. The average Bonchev–Trinajstić information content (AvgIpc) is 2.93. The van der Waals surface area contributed by atoms with Gasteiger partial charge in [-0.1, -0.05) is 36.8 Å². The molecule has 5 rings (SSSR count). The molecule has 37 heavy (non-hydrogen) atoms. The highest BCUT2D eigenvalue weighted by Crippen LogP contribution is 2.39. The number of carbonyl (C=O) groups is 1. The van der Waals surface area contributed by atoms with Crippen LogP contribution in [0.1, 0.15) is 43.2 Å². The molecule has 1 fully saturated rings. The van der Waals surface area contributed by atoms with Gasteiger partial charge in [0.1, 0.15) is 18.1 Å². The Morgan fingerprint density at radius 1 is 0.919 bits per heavy atom. The molecule has 1 aromatic heterocycles. The third-order valence-corrected chi connectivity index (χ3v) is 7.70. The molecule has 0 aliphatic carbocycles. The van der Waals surface area contributed by atoms with Crippen LogP contribution < -0.4 is 9.47 Å². The fourth-order valence-electron chi connectivity index (χ4n) is 5.50. The molecule has 0 radical (unpaired) electrons. The van der Waals surface area contributed by atoms with E-state index in [1.54, 1.807) is 18.5 Å². The van der Waals surface area contributed by atoms with E-state index >= 15 is 0 Å². The Labute approximate surface area is 219 Å². The van der Waals surface area contributed by atoms with Crippen LogP contribution >= 0.6 is 0 Å². The number of aryl methyl sites for hydroxylation is 1. The zero-order valence-corrected chi connectivity index (χ0v) is 21.6.